The van der Waals surface area contributed by atoms with Gasteiger partial charge in [0.15, 0.2) is 16.6 Å². The minimum absolute atomic E-state index is 0.412. The fraction of sp³-hybridized carbons (Fsp3) is 0.111. The fourth-order valence-corrected chi connectivity index (χ4v) is 2.21. The van der Waals surface area contributed by atoms with Gasteiger partial charge in [0.25, 0.3) is 0 Å². The van der Waals surface area contributed by atoms with Gasteiger partial charge in [0.2, 0.25) is 0 Å². The number of nitrogens with two attached hydrogens (primary N) is 1. The number of aryl methyl sites for hydroxylation is 1. The number of rotatable bonds is 1. The molecule has 16 heavy (non-hydrogen) atoms. The lowest BCUT2D eigenvalue weighted by molar-refractivity contribution is 1.06. The molecule has 80 valence electrons. The molecule has 7 heteroatoms. The first-order valence-electron chi connectivity index (χ1n) is 4.62. The highest BCUT2D eigenvalue weighted by molar-refractivity contribution is 7.14. The number of anilines is 1. The number of aromatic nitrogens is 5. The minimum Gasteiger partial charge on any atom is -0.382 e. The number of nitrogens with zero attached hydrogens (tertiary/aromatic N) is 5. The molecule has 0 saturated carbocycles. The van der Waals surface area contributed by atoms with Crippen molar-refractivity contribution in [2.75, 3.05) is 5.73 Å². The number of nitrogen functional groups attached to an aromatic ring is 1. The molecular weight excluding hydrogens is 224 g/mol. The van der Waals surface area contributed by atoms with E-state index in [1.54, 1.807) is 17.7 Å². The second-order valence-electron chi connectivity index (χ2n) is 3.30. The predicted molar refractivity (Wildman–Crippen MR) is 61.5 cm³/mol. The number of hydrogen-bond acceptors (Lipinski definition) is 6. The second-order valence-corrected chi connectivity index (χ2v) is 4.51. The van der Waals surface area contributed by atoms with Crippen molar-refractivity contribution < 1.29 is 0 Å². The molecule has 0 radical (unpaired) electrons. The first-order chi connectivity index (χ1) is 7.75. The molecule has 3 aromatic heterocycles. The Morgan fingerprint density at radius 3 is 2.88 bits per heavy atom. The van der Waals surface area contributed by atoms with Crippen LogP contribution in [-0.4, -0.2) is 24.5 Å². The zero-order valence-electron chi connectivity index (χ0n) is 8.45. The standard InChI is InChI=1S/C9H8N6S/c1-5-2-11-9(16-5)15-4-14-8-6(15)7(10)12-3-13-8/h2-4H,1H3,(H2,10,12,13). The summed E-state index contributed by atoms with van der Waals surface area (Å²) in [5, 5.41) is 0.821. The summed E-state index contributed by atoms with van der Waals surface area (Å²) in [6.45, 7) is 2.00. The molecule has 3 heterocycles. The molecule has 0 fully saturated rings. The van der Waals surface area contributed by atoms with E-state index in [0.717, 1.165) is 10.0 Å². The Bertz CT molecular complexity index is 655. The Morgan fingerprint density at radius 1 is 1.25 bits per heavy atom. The van der Waals surface area contributed by atoms with Crippen LogP contribution in [0.4, 0.5) is 5.82 Å². The van der Waals surface area contributed by atoms with E-state index < -0.39 is 0 Å². The van der Waals surface area contributed by atoms with E-state index in [1.807, 2.05) is 17.7 Å². The Kier molecular flexibility index (Phi) is 1.87. The van der Waals surface area contributed by atoms with Gasteiger partial charge in [-0.2, -0.15) is 0 Å². The van der Waals surface area contributed by atoms with Crippen molar-refractivity contribution in [2.24, 2.45) is 0 Å². The van der Waals surface area contributed by atoms with Crippen molar-refractivity contribution in [3.63, 3.8) is 0 Å². The third-order valence-corrected chi connectivity index (χ3v) is 3.09. The number of thiazole rings is 1. The molecule has 3 aromatic rings. The van der Waals surface area contributed by atoms with Gasteiger partial charge in [0.1, 0.15) is 18.2 Å². The summed E-state index contributed by atoms with van der Waals surface area (Å²) in [6.07, 6.45) is 4.88. The highest BCUT2D eigenvalue weighted by Gasteiger charge is 2.11. The van der Waals surface area contributed by atoms with Crippen LogP contribution in [0.5, 0.6) is 0 Å². The van der Waals surface area contributed by atoms with Gasteiger partial charge in [0.05, 0.1) is 0 Å². The molecule has 0 saturated heterocycles. The maximum Gasteiger partial charge on any atom is 0.195 e. The topological polar surface area (TPSA) is 82.5 Å². The van der Waals surface area contributed by atoms with Crippen molar-refractivity contribution in [2.45, 2.75) is 6.92 Å². The zero-order valence-corrected chi connectivity index (χ0v) is 9.27. The SMILES string of the molecule is Cc1cnc(-n2cnc3ncnc(N)c32)s1. The Morgan fingerprint density at radius 2 is 2.12 bits per heavy atom. The smallest absolute Gasteiger partial charge is 0.195 e. The van der Waals surface area contributed by atoms with Gasteiger partial charge in [-0.05, 0) is 6.92 Å². The van der Waals surface area contributed by atoms with Gasteiger partial charge < -0.3 is 5.73 Å². The zero-order chi connectivity index (χ0) is 11.1. The highest BCUT2D eigenvalue weighted by atomic mass is 32.1. The summed E-state index contributed by atoms with van der Waals surface area (Å²) < 4.78 is 1.81. The van der Waals surface area contributed by atoms with E-state index in [2.05, 4.69) is 19.9 Å². The van der Waals surface area contributed by atoms with E-state index >= 15 is 0 Å². The van der Waals surface area contributed by atoms with E-state index in [9.17, 15) is 0 Å². The lowest BCUT2D eigenvalue weighted by Gasteiger charge is -1.99. The number of fused-ring (bicyclic) bond motifs is 1. The van der Waals surface area contributed by atoms with E-state index in [0.29, 0.717) is 17.0 Å². The molecule has 2 N–H and O–H groups in total. The van der Waals surface area contributed by atoms with E-state index in [-0.39, 0.29) is 0 Å². The average molecular weight is 232 g/mol. The quantitative estimate of drug-likeness (QED) is 0.680. The molecule has 6 nitrogen and oxygen atoms in total. The Balaban J connectivity index is 2.32. The molecule has 0 atom stereocenters. The van der Waals surface area contributed by atoms with Gasteiger partial charge in [0, 0.05) is 11.1 Å². The summed E-state index contributed by atoms with van der Waals surface area (Å²) in [6, 6.07) is 0. The van der Waals surface area contributed by atoms with Crippen LogP contribution in [0.2, 0.25) is 0 Å². The van der Waals surface area contributed by atoms with E-state index in [1.165, 1.54) is 6.33 Å². The normalized spacial score (nSPS) is 11.1. The Hall–Kier alpha value is -2.02. The summed E-state index contributed by atoms with van der Waals surface area (Å²) in [7, 11) is 0. The Labute approximate surface area is 94.8 Å². The van der Waals surface area contributed by atoms with Crippen molar-refractivity contribution >= 4 is 28.3 Å². The van der Waals surface area contributed by atoms with E-state index in [4.69, 9.17) is 5.73 Å². The molecule has 0 aliphatic carbocycles. The number of imidazole rings is 1. The van der Waals surface area contributed by atoms with Crippen molar-refractivity contribution in [3.05, 3.63) is 23.7 Å². The molecular formula is C9H8N6S. The van der Waals surface area contributed by atoms with Gasteiger partial charge >= 0.3 is 0 Å². The van der Waals surface area contributed by atoms with Gasteiger partial charge in [-0.1, -0.05) is 0 Å². The number of hydrogen-bond donors (Lipinski definition) is 1. The molecule has 0 unspecified atom stereocenters. The maximum absolute atomic E-state index is 5.81. The van der Waals surface area contributed by atoms with Crippen LogP contribution >= 0.6 is 11.3 Å². The van der Waals surface area contributed by atoms with Crippen molar-refractivity contribution in [3.8, 4) is 5.13 Å². The summed E-state index contributed by atoms with van der Waals surface area (Å²) >= 11 is 1.57. The predicted octanol–water partition coefficient (Wildman–Crippen LogP) is 1.16. The molecule has 0 amide bonds. The van der Waals surface area contributed by atoms with Crippen LogP contribution in [0.25, 0.3) is 16.3 Å². The highest BCUT2D eigenvalue weighted by Crippen LogP contribution is 2.23. The lowest BCUT2D eigenvalue weighted by atomic mass is 10.5. The molecule has 0 spiro atoms. The largest absolute Gasteiger partial charge is 0.382 e. The van der Waals surface area contributed by atoms with Gasteiger partial charge in [-0.3, -0.25) is 4.57 Å². The van der Waals surface area contributed by atoms with Crippen LogP contribution < -0.4 is 5.73 Å². The molecule has 0 aromatic carbocycles. The second kappa shape index (κ2) is 3.24. The molecule has 0 aliphatic heterocycles. The third kappa shape index (κ3) is 1.25. The van der Waals surface area contributed by atoms with Crippen LogP contribution in [-0.2, 0) is 0 Å². The molecule has 3 rings (SSSR count). The average Bonchev–Trinajstić information content (AvgIpc) is 2.84. The van der Waals surface area contributed by atoms with Crippen molar-refractivity contribution in [1.82, 2.24) is 24.5 Å². The fourth-order valence-electron chi connectivity index (χ4n) is 1.48. The van der Waals surface area contributed by atoms with Crippen LogP contribution in [0.15, 0.2) is 18.9 Å². The van der Waals surface area contributed by atoms with Crippen LogP contribution in [0.3, 0.4) is 0 Å². The third-order valence-electron chi connectivity index (χ3n) is 2.18. The summed E-state index contributed by atoms with van der Waals surface area (Å²) in [5.74, 6) is 0.412. The van der Waals surface area contributed by atoms with Crippen LogP contribution in [0.1, 0.15) is 4.88 Å². The van der Waals surface area contributed by atoms with Gasteiger partial charge in [-0.25, -0.2) is 19.9 Å². The first-order valence-corrected chi connectivity index (χ1v) is 5.43. The summed E-state index contributed by atoms with van der Waals surface area (Å²) in [4.78, 5) is 17.6. The lowest BCUT2D eigenvalue weighted by Crippen LogP contribution is -1.98. The maximum atomic E-state index is 5.81. The van der Waals surface area contributed by atoms with Crippen LogP contribution in [0, 0.1) is 6.92 Å². The first kappa shape index (κ1) is 9.22. The van der Waals surface area contributed by atoms with Crippen molar-refractivity contribution in [1.29, 1.82) is 0 Å². The molecule has 0 aliphatic rings. The minimum atomic E-state index is 0.412. The van der Waals surface area contributed by atoms with Gasteiger partial charge in [-0.15, -0.1) is 11.3 Å². The summed E-state index contributed by atoms with van der Waals surface area (Å²) in [5.41, 5.74) is 7.10. The molecule has 0 bridgehead atoms. The monoisotopic (exact) mass is 232 g/mol.